The van der Waals surface area contributed by atoms with Gasteiger partial charge >= 0.3 is 0 Å². The van der Waals surface area contributed by atoms with Crippen molar-refractivity contribution in [1.29, 1.82) is 0 Å². The zero-order valence-corrected chi connectivity index (χ0v) is 11.1. The van der Waals surface area contributed by atoms with E-state index in [4.69, 9.17) is 0 Å². The van der Waals surface area contributed by atoms with Gasteiger partial charge in [-0.25, -0.2) is 4.98 Å². The first kappa shape index (κ1) is 12.3. The molecule has 0 N–H and O–H groups in total. The van der Waals surface area contributed by atoms with E-state index >= 15 is 0 Å². The van der Waals surface area contributed by atoms with Crippen molar-refractivity contribution >= 4 is 29.1 Å². The van der Waals surface area contributed by atoms with Crippen LogP contribution in [-0.4, -0.2) is 20.9 Å². The van der Waals surface area contributed by atoms with Crippen molar-refractivity contribution < 1.29 is 4.79 Å². The fraction of sp³-hybridized carbons (Fsp3) is 0.250. The van der Waals surface area contributed by atoms with Crippen molar-refractivity contribution in [2.75, 3.05) is 5.75 Å². The highest BCUT2D eigenvalue weighted by Crippen LogP contribution is 2.20. The van der Waals surface area contributed by atoms with E-state index in [-0.39, 0.29) is 5.78 Å². The highest BCUT2D eigenvalue weighted by Gasteiger charge is 2.07. The molecule has 88 valence electrons. The Bertz CT molecular complexity index is 496. The normalized spacial score (nSPS) is 10.4. The number of rotatable bonds is 5. The van der Waals surface area contributed by atoms with Crippen LogP contribution in [0, 0.1) is 6.92 Å². The van der Waals surface area contributed by atoms with Gasteiger partial charge in [0.25, 0.3) is 0 Å². The molecule has 0 atom stereocenters. The summed E-state index contributed by atoms with van der Waals surface area (Å²) in [6.07, 6.45) is 0.492. The van der Waals surface area contributed by atoms with E-state index in [9.17, 15) is 4.79 Å². The summed E-state index contributed by atoms with van der Waals surface area (Å²) in [5.41, 5.74) is 1.06. The van der Waals surface area contributed by atoms with E-state index < -0.39 is 0 Å². The van der Waals surface area contributed by atoms with E-state index in [1.54, 1.807) is 0 Å². The molecule has 0 unspecified atom stereocenters. The topological polar surface area (TPSA) is 42.9 Å². The molecule has 0 aliphatic rings. The Balaban J connectivity index is 1.82. The second kappa shape index (κ2) is 5.93. The van der Waals surface area contributed by atoms with E-state index in [1.807, 2.05) is 37.3 Å². The molecule has 0 amide bonds. The average molecular weight is 264 g/mol. The Hall–Kier alpha value is -1.20. The van der Waals surface area contributed by atoms with Crippen molar-refractivity contribution in [3.8, 4) is 0 Å². The first-order chi connectivity index (χ1) is 8.24. The molecule has 0 bridgehead atoms. The minimum absolute atomic E-state index is 0.217. The van der Waals surface area contributed by atoms with Crippen LogP contribution in [0.2, 0.25) is 0 Å². The summed E-state index contributed by atoms with van der Waals surface area (Å²) < 4.78 is 4.94. The van der Waals surface area contributed by atoms with E-state index in [0.717, 1.165) is 15.7 Å². The van der Waals surface area contributed by atoms with Gasteiger partial charge in [-0.3, -0.25) is 4.79 Å². The first-order valence-corrected chi connectivity index (χ1v) is 6.98. The lowest BCUT2D eigenvalue weighted by atomic mass is 10.1. The van der Waals surface area contributed by atoms with Gasteiger partial charge in [0.05, 0.1) is 5.75 Å². The molecule has 1 heterocycles. The van der Waals surface area contributed by atoms with Gasteiger partial charge < -0.3 is 0 Å². The second-order valence-corrected chi connectivity index (χ2v) is 5.57. The van der Waals surface area contributed by atoms with Crippen molar-refractivity contribution in [3.05, 3.63) is 41.7 Å². The Labute approximate surface area is 108 Å². The Morgan fingerprint density at radius 1 is 1.35 bits per heavy atom. The lowest BCUT2D eigenvalue weighted by Gasteiger charge is -1.99. The minimum atomic E-state index is 0.217. The molecule has 2 rings (SSSR count). The van der Waals surface area contributed by atoms with Crippen molar-refractivity contribution in [2.24, 2.45) is 0 Å². The summed E-state index contributed by atoms with van der Waals surface area (Å²) in [5.74, 6) is 1.45. The molecular weight excluding hydrogens is 252 g/mol. The number of benzene rings is 1. The lowest BCUT2D eigenvalue weighted by Crippen LogP contribution is -2.05. The summed E-state index contributed by atoms with van der Waals surface area (Å²) in [4.78, 5) is 15.9. The Morgan fingerprint density at radius 2 is 2.12 bits per heavy atom. The van der Waals surface area contributed by atoms with Gasteiger partial charge in [0.15, 0.2) is 4.34 Å². The van der Waals surface area contributed by atoms with Gasteiger partial charge in [-0.15, -0.1) is 0 Å². The molecule has 0 saturated heterocycles. The van der Waals surface area contributed by atoms with Crippen LogP contribution < -0.4 is 0 Å². The van der Waals surface area contributed by atoms with E-state index in [1.165, 1.54) is 23.3 Å². The third-order valence-corrected chi connectivity index (χ3v) is 4.09. The largest absolute Gasteiger partial charge is 0.298 e. The molecule has 0 radical (unpaired) electrons. The quantitative estimate of drug-likeness (QED) is 0.779. The van der Waals surface area contributed by atoms with Crippen LogP contribution >= 0.6 is 23.3 Å². The average Bonchev–Trinajstić information content (AvgIpc) is 2.74. The molecule has 1 aromatic heterocycles. The highest BCUT2D eigenvalue weighted by molar-refractivity contribution is 8.01. The molecule has 0 aliphatic carbocycles. The zero-order valence-electron chi connectivity index (χ0n) is 9.42. The van der Waals surface area contributed by atoms with Gasteiger partial charge in [0, 0.05) is 6.42 Å². The molecule has 2 aromatic rings. The van der Waals surface area contributed by atoms with Crippen LogP contribution in [-0.2, 0) is 11.2 Å². The maximum Gasteiger partial charge on any atom is 0.170 e. The maximum atomic E-state index is 11.7. The molecular formula is C12H12N2OS2. The molecule has 17 heavy (non-hydrogen) atoms. The monoisotopic (exact) mass is 264 g/mol. The van der Waals surface area contributed by atoms with Crippen LogP contribution in [0.4, 0.5) is 0 Å². The van der Waals surface area contributed by atoms with E-state index in [0.29, 0.717) is 12.2 Å². The number of thioether (sulfide) groups is 1. The van der Waals surface area contributed by atoms with Gasteiger partial charge in [0.2, 0.25) is 0 Å². The number of hydrogen-bond acceptors (Lipinski definition) is 5. The molecule has 3 nitrogen and oxygen atoms in total. The molecule has 0 spiro atoms. The number of ketones is 1. The van der Waals surface area contributed by atoms with Crippen LogP contribution in [0.25, 0.3) is 0 Å². The number of carbonyl (C=O) groups excluding carboxylic acids is 1. The third kappa shape index (κ3) is 3.94. The van der Waals surface area contributed by atoms with Crippen LogP contribution in [0.1, 0.15) is 11.4 Å². The van der Waals surface area contributed by atoms with Gasteiger partial charge in [-0.2, -0.15) is 4.37 Å². The fourth-order valence-corrected chi connectivity index (χ4v) is 2.86. The number of Topliss-reactive ketones (excluding diaryl/α,β-unsaturated/α-hetero) is 1. The van der Waals surface area contributed by atoms with Gasteiger partial charge in [-0.05, 0) is 24.0 Å². The number of carbonyl (C=O) groups is 1. The standard InChI is InChI=1S/C12H12N2OS2/c1-9-13-12(17-14-9)16-8-11(15)7-10-5-3-2-4-6-10/h2-6H,7-8H2,1H3. The molecule has 0 aliphatic heterocycles. The predicted molar refractivity (Wildman–Crippen MR) is 70.5 cm³/mol. The van der Waals surface area contributed by atoms with Crippen LogP contribution in [0.5, 0.6) is 0 Å². The highest BCUT2D eigenvalue weighted by atomic mass is 32.2. The van der Waals surface area contributed by atoms with Crippen molar-refractivity contribution in [1.82, 2.24) is 9.36 Å². The summed E-state index contributed by atoms with van der Waals surface area (Å²) in [7, 11) is 0. The molecule has 1 aromatic carbocycles. The number of aryl methyl sites for hydroxylation is 1. The summed E-state index contributed by atoms with van der Waals surface area (Å²) >= 11 is 2.81. The Morgan fingerprint density at radius 3 is 2.76 bits per heavy atom. The summed E-state index contributed by atoms with van der Waals surface area (Å²) in [6.45, 7) is 1.85. The Kier molecular flexibility index (Phi) is 4.28. The van der Waals surface area contributed by atoms with Gasteiger partial charge in [0.1, 0.15) is 11.6 Å². The zero-order chi connectivity index (χ0) is 12.1. The SMILES string of the molecule is Cc1nsc(SCC(=O)Cc2ccccc2)n1. The molecule has 0 fully saturated rings. The number of aromatic nitrogens is 2. The summed E-state index contributed by atoms with van der Waals surface area (Å²) in [6, 6.07) is 9.79. The predicted octanol–water partition coefficient (Wildman–Crippen LogP) is 2.75. The molecule has 0 saturated carbocycles. The van der Waals surface area contributed by atoms with Crippen LogP contribution in [0.3, 0.4) is 0 Å². The lowest BCUT2D eigenvalue weighted by molar-refractivity contribution is -0.116. The smallest absolute Gasteiger partial charge is 0.170 e. The van der Waals surface area contributed by atoms with Gasteiger partial charge in [-0.1, -0.05) is 42.1 Å². The van der Waals surface area contributed by atoms with Crippen molar-refractivity contribution in [3.63, 3.8) is 0 Å². The van der Waals surface area contributed by atoms with Crippen LogP contribution in [0.15, 0.2) is 34.7 Å². The maximum absolute atomic E-state index is 11.7. The number of nitrogens with zero attached hydrogens (tertiary/aromatic N) is 2. The van der Waals surface area contributed by atoms with Crippen molar-refractivity contribution in [2.45, 2.75) is 17.7 Å². The molecule has 5 heteroatoms. The minimum Gasteiger partial charge on any atom is -0.298 e. The first-order valence-electron chi connectivity index (χ1n) is 5.23. The summed E-state index contributed by atoms with van der Waals surface area (Å²) in [5, 5.41) is 0. The van der Waals surface area contributed by atoms with E-state index in [2.05, 4.69) is 9.36 Å². The second-order valence-electron chi connectivity index (χ2n) is 3.60. The fourth-order valence-electron chi connectivity index (χ4n) is 1.35. The number of hydrogen-bond donors (Lipinski definition) is 0. The third-order valence-electron chi connectivity index (χ3n) is 2.11.